The molecule has 0 N–H and O–H groups in total. The first kappa shape index (κ1) is 21.5. The van der Waals surface area contributed by atoms with E-state index in [0.717, 1.165) is 35.5 Å². The van der Waals surface area contributed by atoms with Crippen molar-refractivity contribution in [1.29, 1.82) is 0 Å². The van der Waals surface area contributed by atoms with E-state index in [1.165, 1.54) is 69.9 Å². The molecule has 0 spiro atoms. The summed E-state index contributed by atoms with van der Waals surface area (Å²) in [5.41, 5.74) is 0. The van der Waals surface area contributed by atoms with E-state index >= 15 is 0 Å². The van der Waals surface area contributed by atoms with Crippen LogP contribution in [0.25, 0.3) is 0 Å². The quantitative estimate of drug-likeness (QED) is 0.244. The largest absolute Gasteiger partial charge is 0.498 e. The van der Waals surface area contributed by atoms with E-state index in [-0.39, 0.29) is 0 Å². The highest BCUT2D eigenvalue weighted by Crippen LogP contribution is 2.41. The van der Waals surface area contributed by atoms with Crippen LogP contribution >= 0.6 is 0 Å². The molecule has 1 aliphatic carbocycles. The van der Waals surface area contributed by atoms with E-state index in [1.54, 1.807) is 0 Å². The molecule has 1 aliphatic heterocycles. The van der Waals surface area contributed by atoms with Crippen molar-refractivity contribution >= 4 is 8.80 Å². The number of unbranched alkanes of at least 4 members (excludes halogenated alkanes) is 1. The minimum atomic E-state index is -0.709. The predicted octanol–water partition coefficient (Wildman–Crippen LogP) is 6.80. The molecule has 2 nitrogen and oxygen atoms in total. The lowest BCUT2D eigenvalue weighted by molar-refractivity contribution is 0.184. The molecule has 0 aromatic heterocycles. The zero-order valence-electron chi connectivity index (χ0n) is 17.9. The Balaban J connectivity index is 1.32. The Labute approximate surface area is 174 Å². The molecule has 1 heterocycles. The molecule has 156 valence electrons. The van der Waals surface area contributed by atoms with Crippen molar-refractivity contribution in [3.8, 4) is 11.5 Å². The van der Waals surface area contributed by atoms with Gasteiger partial charge in [-0.2, -0.15) is 0 Å². The highest BCUT2D eigenvalue weighted by Gasteiger charge is 2.31. The first-order chi connectivity index (χ1) is 13.8. The van der Waals surface area contributed by atoms with Gasteiger partial charge in [-0.15, -0.1) is 6.58 Å². The van der Waals surface area contributed by atoms with E-state index in [0.29, 0.717) is 6.61 Å². The van der Waals surface area contributed by atoms with Crippen LogP contribution in [0, 0.1) is 17.8 Å². The summed E-state index contributed by atoms with van der Waals surface area (Å²) in [5, 5.41) is 0. The molecule has 0 amide bonds. The Morgan fingerprint density at radius 2 is 1.54 bits per heavy atom. The summed E-state index contributed by atoms with van der Waals surface area (Å²) in [7, 11) is -0.709. The van der Waals surface area contributed by atoms with Gasteiger partial charge in [-0.3, -0.25) is 0 Å². The Morgan fingerprint density at radius 1 is 0.929 bits per heavy atom. The van der Waals surface area contributed by atoms with Gasteiger partial charge >= 0.3 is 0 Å². The molecule has 0 bridgehead atoms. The van der Waals surface area contributed by atoms with Gasteiger partial charge in [-0.25, -0.2) is 0 Å². The van der Waals surface area contributed by atoms with Crippen LogP contribution < -0.4 is 9.47 Å². The molecule has 1 saturated carbocycles. The first-order valence-electron chi connectivity index (χ1n) is 11.7. The Morgan fingerprint density at radius 3 is 2.14 bits per heavy atom. The fraction of sp³-hybridized carbons (Fsp3) is 0.680. The smallest absolute Gasteiger partial charge is 0.119 e. The summed E-state index contributed by atoms with van der Waals surface area (Å²) in [6, 6.07) is 11.1. The topological polar surface area (TPSA) is 18.5 Å². The van der Waals surface area contributed by atoms with E-state index in [4.69, 9.17) is 9.47 Å². The minimum Gasteiger partial charge on any atom is -0.498 e. The van der Waals surface area contributed by atoms with Crippen molar-refractivity contribution < 1.29 is 9.47 Å². The maximum absolute atomic E-state index is 6.12. The average molecular weight is 401 g/mol. The second-order valence-corrected chi connectivity index (χ2v) is 12.2. The van der Waals surface area contributed by atoms with Gasteiger partial charge in [-0.05, 0) is 74.6 Å². The van der Waals surface area contributed by atoms with Gasteiger partial charge in [0, 0.05) is 0 Å². The minimum absolute atomic E-state index is 0.709. The van der Waals surface area contributed by atoms with Gasteiger partial charge in [0.25, 0.3) is 0 Å². The second kappa shape index (κ2) is 11.7. The molecule has 0 atom stereocenters. The maximum Gasteiger partial charge on any atom is 0.119 e. The zero-order chi connectivity index (χ0) is 19.6. The van der Waals surface area contributed by atoms with Gasteiger partial charge in [0.05, 0.1) is 21.6 Å². The normalized spacial score (nSPS) is 27.9. The lowest BCUT2D eigenvalue weighted by Crippen LogP contribution is -2.32. The number of rotatable bonds is 10. The number of benzene rings is 1. The molecule has 1 aromatic rings. The summed E-state index contributed by atoms with van der Waals surface area (Å²) in [5.74, 6) is 4.99. The van der Waals surface area contributed by atoms with Crippen molar-refractivity contribution in [2.24, 2.45) is 17.8 Å². The van der Waals surface area contributed by atoms with Crippen LogP contribution in [0.4, 0.5) is 0 Å². The second-order valence-electron chi connectivity index (χ2n) is 9.00. The van der Waals surface area contributed by atoms with Crippen molar-refractivity contribution in [1.82, 2.24) is 0 Å². The van der Waals surface area contributed by atoms with Crippen LogP contribution in [0.15, 0.2) is 36.9 Å². The van der Waals surface area contributed by atoms with E-state index < -0.39 is 8.80 Å². The van der Waals surface area contributed by atoms with E-state index in [2.05, 4.69) is 24.8 Å². The molecular formula is C25H40O2Si. The van der Waals surface area contributed by atoms with Crippen LogP contribution in [0.5, 0.6) is 11.5 Å². The fourth-order valence-corrected chi connectivity index (χ4v) is 8.19. The van der Waals surface area contributed by atoms with Crippen molar-refractivity contribution in [2.45, 2.75) is 76.8 Å². The summed E-state index contributed by atoms with van der Waals surface area (Å²) in [4.78, 5) is 0. The monoisotopic (exact) mass is 400 g/mol. The van der Waals surface area contributed by atoms with Crippen LogP contribution in [0.3, 0.4) is 0 Å². The standard InChI is InChI=1S/C25H40O2Si/c1-3-5-6-7-21-8-10-22(11-9-21)23-16-18-28(19-17-23)20-27-25-14-12-24(13-15-25)26-4-2/h3,12-15,21-23,28H,1,4-11,16-20H2,2H3. The van der Waals surface area contributed by atoms with Crippen LogP contribution in [0.2, 0.25) is 12.1 Å². The van der Waals surface area contributed by atoms with Crippen molar-refractivity contribution in [2.75, 3.05) is 12.8 Å². The Kier molecular flexibility index (Phi) is 8.98. The highest BCUT2D eigenvalue weighted by molar-refractivity contribution is 6.58. The number of ether oxygens (including phenoxy) is 2. The van der Waals surface area contributed by atoms with Gasteiger partial charge in [0.1, 0.15) is 11.5 Å². The third-order valence-electron chi connectivity index (χ3n) is 7.09. The van der Waals surface area contributed by atoms with E-state index in [9.17, 15) is 0 Å². The molecule has 28 heavy (non-hydrogen) atoms. The first-order valence-corrected chi connectivity index (χ1v) is 14.2. The molecular weight excluding hydrogens is 360 g/mol. The highest BCUT2D eigenvalue weighted by atomic mass is 28.3. The maximum atomic E-state index is 6.12. The Hall–Kier alpha value is -1.22. The van der Waals surface area contributed by atoms with E-state index in [1.807, 2.05) is 19.1 Å². The molecule has 2 aliphatic rings. The molecule has 1 saturated heterocycles. The van der Waals surface area contributed by atoms with Crippen molar-refractivity contribution in [3.05, 3.63) is 36.9 Å². The van der Waals surface area contributed by atoms with Gasteiger partial charge < -0.3 is 9.47 Å². The van der Waals surface area contributed by atoms with Gasteiger partial charge in [0.15, 0.2) is 0 Å². The molecule has 1 aromatic carbocycles. The number of hydrogen-bond donors (Lipinski definition) is 0. The summed E-state index contributed by atoms with van der Waals surface area (Å²) in [6.07, 6.45) is 16.0. The third-order valence-corrected chi connectivity index (χ3v) is 10.0. The van der Waals surface area contributed by atoms with Gasteiger partial charge in [0.2, 0.25) is 0 Å². The third kappa shape index (κ3) is 6.68. The fourth-order valence-electron chi connectivity index (χ4n) is 5.34. The summed E-state index contributed by atoms with van der Waals surface area (Å²) >= 11 is 0. The molecule has 0 radical (unpaired) electrons. The van der Waals surface area contributed by atoms with Crippen LogP contribution in [0.1, 0.15) is 64.7 Å². The molecule has 0 unspecified atom stereocenters. The van der Waals surface area contributed by atoms with Crippen molar-refractivity contribution in [3.63, 3.8) is 0 Å². The van der Waals surface area contributed by atoms with Gasteiger partial charge in [-0.1, -0.05) is 50.3 Å². The lowest BCUT2D eigenvalue weighted by Gasteiger charge is -2.37. The SMILES string of the molecule is C=CCCCC1CCC(C2CC[SiH](COc3ccc(OCC)cc3)CC2)CC1. The predicted molar refractivity (Wildman–Crippen MR) is 122 cm³/mol. The average Bonchev–Trinajstić information content (AvgIpc) is 2.75. The number of allylic oxidation sites excluding steroid dienone is 1. The Bertz CT molecular complexity index is 554. The lowest BCUT2D eigenvalue weighted by atomic mass is 9.73. The van der Waals surface area contributed by atoms with Crippen LogP contribution in [-0.4, -0.2) is 21.6 Å². The zero-order valence-corrected chi connectivity index (χ0v) is 19.1. The number of hydrogen-bond acceptors (Lipinski definition) is 2. The summed E-state index contributed by atoms with van der Waals surface area (Å²) < 4.78 is 11.6. The molecule has 2 fully saturated rings. The van der Waals surface area contributed by atoms with Crippen LogP contribution in [-0.2, 0) is 0 Å². The molecule has 3 heteroatoms. The molecule has 3 rings (SSSR count). The summed E-state index contributed by atoms with van der Waals surface area (Å²) in [6.45, 7) is 6.58.